The van der Waals surface area contributed by atoms with E-state index in [9.17, 15) is 4.79 Å². The molecule has 0 unspecified atom stereocenters. The number of nitrogen functional groups attached to an aromatic ring is 1. The number of nitrogens with two attached hydrogens (primary N) is 1. The largest absolute Gasteiger partial charge is 0.352 e. The molecule has 1 aromatic rings. The molecule has 2 rings (SSSR count). The summed E-state index contributed by atoms with van der Waals surface area (Å²) in [6.07, 6.45) is 1.61. The first kappa shape index (κ1) is 13.0. The lowest BCUT2D eigenvalue weighted by molar-refractivity contribution is -0.126. The number of piperazine rings is 1. The van der Waals surface area contributed by atoms with E-state index in [1.54, 1.807) is 6.20 Å². The molecule has 1 fully saturated rings. The van der Waals surface area contributed by atoms with Crippen molar-refractivity contribution >= 4 is 33.6 Å². The minimum absolute atomic E-state index is 0.0264. The van der Waals surface area contributed by atoms with Crippen LogP contribution >= 0.6 is 15.9 Å². The van der Waals surface area contributed by atoms with Crippen LogP contribution in [-0.4, -0.2) is 34.5 Å². The summed E-state index contributed by atoms with van der Waals surface area (Å²) in [4.78, 5) is 22.1. The quantitative estimate of drug-likeness (QED) is 0.534. The number of nitrogens with zero attached hydrogens (tertiary/aromatic N) is 3. The fraction of sp³-hybridized carbons (Fsp3) is 0.500. The van der Waals surface area contributed by atoms with Crippen molar-refractivity contribution in [1.29, 1.82) is 0 Å². The van der Waals surface area contributed by atoms with Crippen LogP contribution < -0.4 is 21.5 Å². The van der Waals surface area contributed by atoms with Gasteiger partial charge in [0.2, 0.25) is 11.9 Å². The van der Waals surface area contributed by atoms with Gasteiger partial charge in [-0.25, -0.2) is 10.8 Å². The molecule has 18 heavy (non-hydrogen) atoms. The minimum Gasteiger partial charge on any atom is -0.352 e. The molecule has 1 amide bonds. The van der Waals surface area contributed by atoms with Crippen LogP contribution in [0.2, 0.25) is 0 Å². The second-order valence-corrected chi connectivity index (χ2v) is 5.33. The van der Waals surface area contributed by atoms with Crippen LogP contribution in [0.15, 0.2) is 10.7 Å². The number of carbonyl (C=O) groups is 1. The van der Waals surface area contributed by atoms with E-state index >= 15 is 0 Å². The molecule has 4 N–H and O–H groups in total. The Morgan fingerprint density at radius 1 is 1.61 bits per heavy atom. The number of hydrogen-bond acceptors (Lipinski definition) is 6. The van der Waals surface area contributed by atoms with Crippen LogP contribution in [0.4, 0.5) is 11.8 Å². The second kappa shape index (κ2) is 4.69. The van der Waals surface area contributed by atoms with Crippen molar-refractivity contribution in [3.05, 3.63) is 10.7 Å². The summed E-state index contributed by atoms with van der Waals surface area (Å²) < 4.78 is 0.726. The molecular weight excluding hydrogens is 300 g/mol. The molecule has 1 saturated heterocycles. The topological polar surface area (TPSA) is 96.2 Å². The van der Waals surface area contributed by atoms with Crippen molar-refractivity contribution in [2.75, 3.05) is 23.4 Å². The predicted octanol–water partition coefficient (Wildman–Crippen LogP) is 0.240. The molecule has 0 bridgehead atoms. The number of aromatic nitrogens is 2. The van der Waals surface area contributed by atoms with Crippen molar-refractivity contribution in [3.8, 4) is 0 Å². The van der Waals surface area contributed by atoms with Crippen molar-refractivity contribution in [1.82, 2.24) is 15.3 Å². The molecule has 1 aliphatic heterocycles. The number of amides is 1. The van der Waals surface area contributed by atoms with Crippen molar-refractivity contribution < 1.29 is 4.79 Å². The summed E-state index contributed by atoms with van der Waals surface area (Å²) >= 11 is 3.40. The lowest BCUT2D eigenvalue weighted by Gasteiger charge is -2.42. The van der Waals surface area contributed by atoms with Gasteiger partial charge in [0.1, 0.15) is 11.4 Å². The number of halogens is 1. The zero-order chi connectivity index (χ0) is 13.3. The van der Waals surface area contributed by atoms with Gasteiger partial charge in [-0.3, -0.25) is 10.2 Å². The van der Waals surface area contributed by atoms with Crippen LogP contribution in [0.1, 0.15) is 13.8 Å². The van der Waals surface area contributed by atoms with Crippen LogP contribution in [0, 0.1) is 0 Å². The van der Waals surface area contributed by atoms with Gasteiger partial charge in [-0.05, 0) is 29.8 Å². The molecule has 8 heteroatoms. The third kappa shape index (κ3) is 2.13. The van der Waals surface area contributed by atoms with Crippen molar-refractivity contribution in [2.45, 2.75) is 19.4 Å². The first-order chi connectivity index (χ1) is 8.46. The van der Waals surface area contributed by atoms with E-state index in [1.165, 1.54) is 0 Å². The number of rotatable bonds is 2. The monoisotopic (exact) mass is 314 g/mol. The van der Waals surface area contributed by atoms with Gasteiger partial charge in [-0.1, -0.05) is 0 Å². The molecule has 2 heterocycles. The summed E-state index contributed by atoms with van der Waals surface area (Å²) in [6.45, 7) is 4.97. The molecule has 0 atom stereocenters. The Balaban J connectivity index is 2.43. The third-order valence-corrected chi connectivity index (χ3v) is 3.52. The maximum Gasteiger partial charge on any atom is 0.245 e. The van der Waals surface area contributed by atoms with Crippen LogP contribution in [0.3, 0.4) is 0 Å². The number of anilines is 2. The number of hydrazine groups is 1. The molecular formula is C10H15BrN6O. The molecule has 1 aromatic heterocycles. The van der Waals surface area contributed by atoms with Gasteiger partial charge in [-0.15, -0.1) is 0 Å². The van der Waals surface area contributed by atoms with Gasteiger partial charge < -0.3 is 10.2 Å². The molecule has 0 saturated carbocycles. The van der Waals surface area contributed by atoms with E-state index in [0.29, 0.717) is 24.9 Å². The normalized spacial score (nSPS) is 18.4. The van der Waals surface area contributed by atoms with Gasteiger partial charge in [0.05, 0.1) is 4.47 Å². The van der Waals surface area contributed by atoms with E-state index in [1.807, 2.05) is 18.7 Å². The van der Waals surface area contributed by atoms with Crippen LogP contribution in [0.25, 0.3) is 0 Å². The van der Waals surface area contributed by atoms with Gasteiger partial charge in [-0.2, -0.15) is 4.98 Å². The molecule has 0 aliphatic carbocycles. The van der Waals surface area contributed by atoms with E-state index in [4.69, 9.17) is 5.84 Å². The summed E-state index contributed by atoms with van der Waals surface area (Å²) in [6, 6.07) is 0. The highest BCUT2D eigenvalue weighted by atomic mass is 79.9. The first-order valence-corrected chi connectivity index (χ1v) is 6.31. The standard InChI is InChI=1S/C10H15BrN6O/c1-10(2)8(18)13-3-4-17(10)7-6(11)5-14-9(15-7)16-12/h5H,3-4,12H2,1-2H3,(H,13,18)(H,14,15,16). The van der Waals surface area contributed by atoms with Crippen molar-refractivity contribution in [2.24, 2.45) is 5.84 Å². The lowest BCUT2D eigenvalue weighted by Crippen LogP contribution is -2.62. The summed E-state index contributed by atoms with van der Waals surface area (Å²) in [5.74, 6) is 6.24. The highest BCUT2D eigenvalue weighted by Crippen LogP contribution is 2.30. The molecule has 0 radical (unpaired) electrons. The number of carbonyl (C=O) groups excluding carboxylic acids is 1. The van der Waals surface area contributed by atoms with Crippen LogP contribution in [-0.2, 0) is 4.79 Å². The van der Waals surface area contributed by atoms with E-state index in [2.05, 4.69) is 36.6 Å². The summed E-state index contributed by atoms with van der Waals surface area (Å²) in [5, 5.41) is 2.84. The minimum atomic E-state index is -0.666. The maximum absolute atomic E-state index is 11.9. The highest BCUT2D eigenvalue weighted by Gasteiger charge is 2.39. The summed E-state index contributed by atoms with van der Waals surface area (Å²) in [7, 11) is 0. The second-order valence-electron chi connectivity index (χ2n) is 4.48. The molecule has 98 valence electrons. The van der Waals surface area contributed by atoms with E-state index in [0.717, 1.165) is 4.47 Å². The fourth-order valence-electron chi connectivity index (χ4n) is 1.89. The van der Waals surface area contributed by atoms with Gasteiger partial charge in [0.15, 0.2) is 0 Å². The van der Waals surface area contributed by atoms with Gasteiger partial charge in [0, 0.05) is 19.3 Å². The summed E-state index contributed by atoms with van der Waals surface area (Å²) in [5.41, 5.74) is 1.74. The SMILES string of the molecule is CC1(C)C(=O)NCCN1c1nc(NN)ncc1Br. The predicted molar refractivity (Wildman–Crippen MR) is 72.0 cm³/mol. The first-order valence-electron chi connectivity index (χ1n) is 5.52. The zero-order valence-electron chi connectivity index (χ0n) is 10.2. The Hall–Kier alpha value is -1.41. The Labute approximate surface area is 113 Å². The molecule has 0 aromatic carbocycles. The number of hydrogen-bond donors (Lipinski definition) is 3. The smallest absolute Gasteiger partial charge is 0.245 e. The number of nitrogens with one attached hydrogen (secondary N) is 2. The maximum atomic E-state index is 11.9. The Kier molecular flexibility index (Phi) is 3.40. The molecule has 1 aliphatic rings. The van der Waals surface area contributed by atoms with E-state index in [-0.39, 0.29) is 5.91 Å². The average Bonchev–Trinajstić information content (AvgIpc) is 2.34. The Morgan fingerprint density at radius 2 is 2.33 bits per heavy atom. The van der Waals surface area contributed by atoms with Gasteiger partial charge in [0.25, 0.3) is 0 Å². The van der Waals surface area contributed by atoms with Crippen LogP contribution in [0.5, 0.6) is 0 Å². The highest BCUT2D eigenvalue weighted by molar-refractivity contribution is 9.10. The third-order valence-electron chi connectivity index (χ3n) is 2.96. The lowest BCUT2D eigenvalue weighted by atomic mass is 9.99. The molecule has 7 nitrogen and oxygen atoms in total. The molecule has 0 spiro atoms. The fourth-order valence-corrected chi connectivity index (χ4v) is 2.29. The van der Waals surface area contributed by atoms with Gasteiger partial charge >= 0.3 is 0 Å². The van der Waals surface area contributed by atoms with Crippen molar-refractivity contribution in [3.63, 3.8) is 0 Å². The zero-order valence-corrected chi connectivity index (χ0v) is 11.8. The Morgan fingerprint density at radius 3 is 3.00 bits per heavy atom. The average molecular weight is 315 g/mol. The van der Waals surface area contributed by atoms with E-state index < -0.39 is 5.54 Å². The Bertz CT molecular complexity index is 477.